The first-order chi connectivity index (χ1) is 13.7. The van der Waals surface area contributed by atoms with Crippen LogP contribution in [0.2, 0.25) is 10.0 Å². The second kappa shape index (κ2) is 8.83. The summed E-state index contributed by atoms with van der Waals surface area (Å²) in [5.41, 5.74) is -0.0155. The summed E-state index contributed by atoms with van der Waals surface area (Å²) in [6, 6.07) is 10.1. The summed E-state index contributed by atoms with van der Waals surface area (Å²) in [5, 5.41) is 0.0168. The number of carbonyl (C=O) groups is 1. The van der Waals surface area contributed by atoms with Crippen molar-refractivity contribution in [3.63, 3.8) is 0 Å². The van der Waals surface area contributed by atoms with Crippen molar-refractivity contribution in [3.05, 3.63) is 58.1 Å². The largest absolute Gasteiger partial charge is 0.434 e. The van der Waals surface area contributed by atoms with E-state index in [2.05, 4.69) is 4.74 Å². The van der Waals surface area contributed by atoms with Gasteiger partial charge < -0.3 is 9.64 Å². The molecule has 2 aromatic carbocycles. The number of benzene rings is 2. The van der Waals surface area contributed by atoms with E-state index in [1.807, 2.05) is 0 Å². The van der Waals surface area contributed by atoms with Crippen molar-refractivity contribution in [1.29, 1.82) is 0 Å². The molecule has 0 spiro atoms. The van der Waals surface area contributed by atoms with Crippen LogP contribution < -0.4 is 4.74 Å². The van der Waals surface area contributed by atoms with E-state index in [1.165, 1.54) is 45.6 Å². The lowest BCUT2D eigenvalue weighted by Gasteiger charge is -2.34. The Kier molecular flexibility index (Phi) is 6.62. The van der Waals surface area contributed by atoms with Gasteiger partial charge in [-0.15, -0.1) is 0 Å². The first-order valence-corrected chi connectivity index (χ1v) is 10.7. The van der Waals surface area contributed by atoms with Crippen LogP contribution in [0.25, 0.3) is 0 Å². The molecule has 2 aromatic rings. The molecule has 6 nitrogen and oxygen atoms in total. The van der Waals surface area contributed by atoms with Crippen molar-refractivity contribution < 1.29 is 26.7 Å². The van der Waals surface area contributed by atoms with Gasteiger partial charge in [-0.2, -0.15) is 13.1 Å². The first-order valence-electron chi connectivity index (χ1n) is 8.49. The highest BCUT2D eigenvalue weighted by Crippen LogP contribution is 2.32. The lowest BCUT2D eigenvalue weighted by Crippen LogP contribution is -2.50. The summed E-state index contributed by atoms with van der Waals surface area (Å²) in [6.45, 7) is -2.90. The fraction of sp³-hybridized carbons (Fsp3) is 0.278. The number of sulfonamides is 1. The number of carbonyl (C=O) groups excluding carboxylic acids is 1. The quantitative estimate of drug-likeness (QED) is 0.675. The molecular weight excluding hydrogens is 449 g/mol. The zero-order valence-corrected chi connectivity index (χ0v) is 17.2. The van der Waals surface area contributed by atoms with Gasteiger partial charge in [-0.1, -0.05) is 41.4 Å². The van der Waals surface area contributed by atoms with Crippen LogP contribution in [0, 0.1) is 0 Å². The summed E-state index contributed by atoms with van der Waals surface area (Å²) in [6.07, 6.45) is 0. The standard InChI is InChI=1S/C18H16Cl2F2N2O4S/c19-13-5-3-6-14(20)16(13)29(26,27)24-10-8-23(9-11-24)17(25)12-4-1-2-7-15(12)28-18(21)22/h1-7,18H,8-11H2. The molecule has 156 valence electrons. The highest BCUT2D eigenvalue weighted by atomic mass is 35.5. The zero-order chi connectivity index (χ0) is 21.2. The monoisotopic (exact) mass is 464 g/mol. The minimum atomic E-state index is -3.95. The molecule has 1 saturated heterocycles. The summed E-state index contributed by atoms with van der Waals surface area (Å²) >= 11 is 12.0. The molecule has 0 aliphatic carbocycles. The number of amides is 1. The van der Waals surface area contributed by atoms with Gasteiger partial charge in [-0.25, -0.2) is 8.42 Å². The van der Waals surface area contributed by atoms with E-state index >= 15 is 0 Å². The summed E-state index contributed by atoms with van der Waals surface area (Å²) < 4.78 is 56.5. The van der Waals surface area contributed by atoms with Crippen LogP contribution in [0.1, 0.15) is 10.4 Å². The van der Waals surface area contributed by atoms with Crippen LogP contribution in [-0.2, 0) is 10.0 Å². The minimum Gasteiger partial charge on any atom is -0.434 e. The van der Waals surface area contributed by atoms with E-state index in [-0.39, 0.29) is 52.4 Å². The van der Waals surface area contributed by atoms with Crippen molar-refractivity contribution in [2.24, 2.45) is 0 Å². The molecule has 1 aliphatic rings. The number of ether oxygens (including phenoxy) is 1. The van der Waals surface area contributed by atoms with E-state index in [4.69, 9.17) is 23.2 Å². The number of alkyl halides is 2. The fourth-order valence-electron chi connectivity index (χ4n) is 3.00. The molecule has 1 heterocycles. The van der Waals surface area contributed by atoms with E-state index in [9.17, 15) is 22.0 Å². The molecule has 3 rings (SSSR count). The molecule has 0 saturated carbocycles. The van der Waals surface area contributed by atoms with Crippen molar-refractivity contribution in [1.82, 2.24) is 9.21 Å². The maximum Gasteiger partial charge on any atom is 0.387 e. The third-order valence-electron chi connectivity index (χ3n) is 4.38. The third kappa shape index (κ3) is 4.63. The predicted octanol–water partition coefficient (Wildman–Crippen LogP) is 3.74. The zero-order valence-electron chi connectivity index (χ0n) is 14.9. The van der Waals surface area contributed by atoms with E-state index in [0.29, 0.717) is 0 Å². The van der Waals surface area contributed by atoms with Crippen molar-refractivity contribution in [3.8, 4) is 5.75 Å². The van der Waals surface area contributed by atoms with Crippen LogP contribution in [0.5, 0.6) is 5.75 Å². The Morgan fingerprint density at radius 1 is 0.966 bits per heavy atom. The number of halogens is 4. The summed E-state index contributed by atoms with van der Waals surface area (Å²) in [7, 11) is -3.95. The van der Waals surface area contributed by atoms with Crippen LogP contribution in [0.3, 0.4) is 0 Å². The maximum atomic E-state index is 12.9. The number of hydrogen-bond acceptors (Lipinski definition) is 4. The highest BCUT2D eigenvalue weighted by molar-refractivity contribution is 7.89. The molecule has 11 heteroatoms. The van der Waals surface area contributed by atoms with E-state index < -0.39 is 22.5 Å². The van der Waals surface area contributed by atoms with Gasteiger partial charge in [0.2, 0.25) is 10.0 Å². The van der Waals surface area contributed by atoms with Crippen molar-refractivity contribution >= 4 is 39.1 Å². The predicted molar refractivity (Wildman–Crippen MR) is 104 cm³/mol. The molecule has 0 aromatic heterocycles. The van der Waals surface area contributed by atoms with Crippen LogP contribution in [-0.4, -0.2) is 56.3 Å². The van der Waals surface area contributed by atoms with Crippen molar-refractivity contribution in [2.45, 2.75) is 11.5 Å². The summed E-state index contributed by atoms with van der Waals surface area (Å²) in [5.74, 6) is -0.750. The number of nitrogens with zero attached hydrogens (tertiary/aromatic N) is 2. The molecule has 1 amide bonds. The molecule has 0 unspecified atom stereocenters. The first kappa shape index (κ1) is 21.8. The molecule has 0 N–H and O–H groups in total. The molecular formula is C18H16Cl2F2N2O4S. The lowest BCUT2D eigenvalue weighted by molar-refractivity contribution is -0.0503. The van der Waals surface area contributed by atoms with Gasteiger partial charge in [-0.05, 0) is 24.3 Å². The number of piperazine rings is 1. The van der Waals surface area contributed by atoms with Gasteiger partial charge >= 0.3 is 6.61 Å². The molecule has 1 fully saturated rings. The molecule has 0 radical (unpaired) electrons. The molecule has 0 bridgehead atoms. The molecule has 0 atom stereocenters. The molecule has 1 aliphatic heterocycles. The number of rotatable bonds is 5. The topological polar surface area (TPSA) is 66.9 Å². The van der Waals surface area contributed by atoms with Gasteiger partial charge in [0.25, 0.3) is 5.91 Å². The van der Waals surface area contributed by atoms with Crippen molar-refractivity contribution in [2.75, 3.05) is 26.2 Å². The van der Waals surface area contributed by atoms with E-state index in [0.717, 1.165) is 0 Å². The Hall–Kier alpha value is -1.94. The average molecular weight is 465 g/mol. The Labute approximate surface area is 176 Å². The molecule has 29 heavy (non-hydrogen) atoms. The minimum absolute atomic E-state index is 0.00744. The number of hydrogen-bond donors (Lipinski definition) is 0. The maximum absolute atomic E-state index is 12.9. The van der Waals surface area contributed by atoms with Gasteiger partial charge in [0, 0.05) is 26.2 Å². The van der Waals surface area contributed by atoms with E-state index in [1.54, 1.807) is 6.07 Å². The Bertz CT molecular complexity index is 992. The van der Waals surface area contributed by atoms with Gasteiger partial charge in [-0.3, -0.25) is 4.79 Å². The third-order valence-corrected chi connectivity index (χ3v) is 7.23. The number of para-hydroxylation sites is 1. The van der Waals surface area contributed by atoms with Crippen LogP contribution in [0.4, 0.5) is 8.78 Å². The average Bonchev–Trinajstić information content (AvgIpc) is 2.67. The Morgan fingerprint density at radius 2 is 1.55 bits per heavy atom. The van der Waals surface area contributed by atoms with Gasteiger partial charge in [0.05, 0.1) is 15.6 Å². The summed E-state index contributed by atoms with van der Waals surface area (Å²) in [4.78, 5) is 13.9. The Balaban J connectivity index is 1.75. The second-order valence-corrected chi connectivity index (χ2v) is 8.81. The Morgan fingerprint density at radius 3 is 2.14 bits per heavy atom. The van der Waals surface area contributed by atoms with Gasteiger partial charge in [0.1, 0.15) is 10.6 Å². The fourth-order valence-corrected chi connectivity index (χ4v) is 5.52. The highest BCUT2D eigenvalue weighted by Gasteiger charge is 2.33. The second-order valence-electron chi connectivity index (χ2n) is 6.12. The lowest BCUT2D eigenvalue weighted by atomic mass is 10.1. The normalized spacial score (nSPS) is 15.6. The SMILES string of the molecule is O=C(c1ccccc1OC(F)F)N1CCN(S(=O)(=O)c2c(Cl)cccc2Cl)CC1. The van der Waals surface area contributed by atoms with Gasteiger partial charge in [0.15, 0.2) is 0 Å². The van der Waals surface area contributed by atoms with Crippen LogP contribution in [0.15, 0.2) is 47.4 Å². The van der Waals surface area contributed by atoms with Crippen LogP contribution >= 0.6 is 23.2 Å². The smallest absolute Gasteiger partial charge is 0.387 e.